The molecule has 1 aromatic heterocycles. The number of carbonyl (C=O) groups excluding carboxylic acids is 1. The zero-order chi connectivity index (χ0) is 24.6. The monoisotopic (exact) mass is 472 g/mol. The van der Waals surface area contributed by atoms with Crippen LogP contribution in [0, 0.1) is 0 Å². The maximum Gasteiger partial charge on any atom is 0.252 e. The summed E-state index contributed by atoms with van der Waals surface area (Å²) in [5.74, 6) is 0.0626. The van der Waals surface area contributed by atoms with Crippen LogP contribution in [0.15, 0.2) is 77.7 Å². The minimum atomic E-state index is 0.0293. The van der Waals surface area contributed by atoms with Gasteiger partial charge in [-0.05, 0) is 42.0 Å². The Morgan fingerprint density at radius 2 is 1.66 bits per heavy atom. The Labute approximate surface area is 208 Å². The van der Waals surface area contributed by atoms with Crippen molar-refractivity contribution in [2.45, 2.75) is 51.9 Å². The molecule has 0 unspecified atom stereocenters. The lowest BCUT2D eigenvalue weighted by Crippen LogP contribution is -2.43. The Balaban J connectivity index is 1.26. The van der Waals surface area contributed by atoms with Gasteiger partial charge in [0.25, 0.3) is 5.56 Å². The SMILES string of the molecule is CC(=O)NC1CCN(Cc2ccc(CCn3ccc(N(C)Cc4ccccc4)cc3=O)cc2)CC1. The molecule has 35 heavy (non-hydrogen) atoms. The number of aryl methyl sites for hydroxylation is 2. The fourth-order valence-corrected chi connectivity index (χ4v) is 4.71. The zero-order valence-corrected chi connectivity index (χ0v) is 20.8. The third-order valence-electron chi connectivity index (χ3n) is 6.75. The summed E-state index contributed by atoms with van der Waals surface area (Å²) < 4.78 is 1.78. The molecule has 0 radical (unpaired) electrons. The van der Waals surface area contributed by atoms with E-state index in [4.69, 9.17) is 0 Å². The molecule has 1 aliphatic heterocycles. The number of carbonyl (C=O) groups is 1. The molecule has 0 aliphatic carbocycles. The van der Waals surface area contributed by atoms with Gasteiger partial charge in [-0.1, -0.05) is 54.6 Å². The standard InChI is InChI=1S/C29H36N4O2/c1-23(34)30-27-13-16-32(17-14-27)22-26-10-8-24(9-11-26)12-18-33-19-15-28(20-29(33)35)31(2)21-25-6-4-3-5-7-25/h3-11,15,19-20,27H,12-14,16-18,21-22H2,1-2H3,(H,30,34). The number of hydrogen-bond donors (Lipinski definition) is 1. The molecule has 1 saturated heterocycles. The number of hydrogen-bond acceptors (Lipinski definition) is 4. The smallest absolute Gasteiger partial charge is 0.252 e. The van der Waals surface area contributed by atoms with E-state index in [1.807, 2.05) is 37.5 Å². The molecule has 1 aliphatic rings. The Bertz CT molecular complexity index is 1150. The first-order valence-corrected chi connectivity index (χ1v) is 12.5. The number of piperidine rings is 1. The van der Waals surface area contributed by atoms with Gasteiger partial charge in [0, 0.05) is 70.7 Å². The van der Waals surface area contributed by atoms with Crippen LogP contribution in [0.25, 0.3) is 0 Å². The van der Waals surface area contributed by atoms with Crippen molar-refractivity contribution in [2.75, 3.05) is 25.0 Å². The van der Waals surface area contributed by atoms with Gasteiger partial charge in [-0.25, -0.2) is 0 Å². The molecule has 0 atom stereocenters. The Kier molecular flexibility index (Phi) is 8.37. The van der Waals surface area contributed by atoms with E-state index in [0.29, 0.717) is 12.6 Å². The normalized spacial score (nSPS) is 14.6. The van der Waals surface area contributed by atoms with Gasteiger partial charge in [-0.2, -0.15) is 0 Å². The van der Waals surface area contributed by atoms with Crippen LogP contribution in [0.4, 0.5) is 5.69 Å². The van der Waals surface area contributed by atoms with E-state index < -0.39 is 0 Å². The number of amides is 1. The van der Waals surface area contributed by atoms with Gasteiger partial charge in [-0.15, -0.1) is 0 Å². The number of nitrogens with one attached hydrogen (secondary N) is 1. The number of rotatable bonds is 9. The van der Waals surface area contributed by atoms with Crippen molar-refractivity contribution >= 4 is 11.6 Å². The summed E-state index contributed by atoms with van der Waals surface area (Å²) in [4.78, 5) is 28.5. The first kappa shape index (κ1) is 24.7. The van der Waals surface area contributed by atoms with Gasteiger partial charge in [0.05, 0.1) is 0 Å². The fraction of sp³-hybridized carbons (Fsp3) is 0.379. The molecular formula is C29H36N4O2. The number of benzene rings is 2. The first-order chi connectivity index (χ1) is 17.0. The van der Waals surface area contributed by atoms with Crippen LogP contribution in [-0.4, -0.2) is 41.6 Å². The maximum absolute atomic E-state index is 12.7. The second kappa shape index (κ2) is 11.8. The van der Waals surface area contributed by atoms with Crippen molar-refractivity contribution in [2.24, 2.45) is 0 Å². The van der Waals surface area contributed by atoms with Crippen molar-refractivity contribution in [1.29, 1.82) is 0 Å². The number of aromatic nitrogens is 1. The molecule has 3 aromatic rings. The molecule has 1 N–H and O–H groups in total. The van der Waals surface area contributed by atoms with E-state index in [1.54, 1.807) is 17.6 Å². The van der Waals surface area contributed by atoms with Crippen molar-refractivity contribution in [1.82, 2.24) is 14.8 Å². The van der Waals surface area contributed by atoms with Crippen molar-refractivity contribution in [3.05, 3.63) is 100.0 Å². The summed E-state index contributed by atoms with van der Waals surface area (Å²) in [5, 5.41) is 3.03. The van der Waals surface area contributed by atoms with E-state index in [0.717, 1.165) is 51.1 Å². The largest absolute Gasteiger partial charge is 0.370 e. The van der Waals surface area contributed by atoms with Gasteiger partial charge >= 0.3 is 0 Å². The minimum absolute atomic E-state index is 0.0293. The highest BCUT2D eigenvalue weighted by atomic mass is 16.1. The first-order valence-electron chi connectivity index (χ1n) is 12.5. The van der Waals surface area contributed by atoms with Gasteiger partial charge in [-0.3, -0.25) is 14.5 Å². The summed E-state index contributed by atoms with van der Waals surface area (Å²) in [6, 6.07) is 23.1. The molecule has 0 bridgehead atoms. The third kappa shape index (κ3) is 7.30. The van der Waals surface area contributed by atoms with Crippen LogP contribution >= 0.6 is 0 Å². The van der Waals surface area contributed by atoms with E-state index in [9.17, 15) is 9.59 Å². The van der Waals surface area contributed by atoms with Gasteiger partial charge < -0.3 is 14.8 Å². The zero-order valence-electron chi connectivity index (χ0n) is 20.8. The molecule has 4 rings (SSSR count). The van der Waals surface area contributed by atoms with E-state index in [-0.39, 0.29) is 11.5 Å². The van der Waals surface area contributed by atoms with Crippen LogP contribution in [0.3, 0.4) is 0 Å². The summed E-state index contributed by atoms with van der Waals surface area (Å²) in [7, 11) is 2.01. The average molecular weight is 473 g/mol. The van der Waals surface area contributed by atoms with Gasteiger partial charge in [0.2, 0.25) is 5.91 Å². The summed E-state index contributed by atoms with van der Waals surface area (Å²) >= 11 is 0. The lowest BCUT2D eigenvalue weighted by molar-refractivity contribution is -0.119. The maximum atomic E-state index is 12.7. The Morgan fingerprint density at radius 1 is 0.971 bits per heavy atom. The molecule has 1 fully saturated rings. The average Bonchev–Trinajstić information content (AvgIpc) is 2.85. The van der Waals surface area contributed by atoms with Gasteiger partial charge in [0.1, 0.15) is 0 Å². The second-order valence-electron chi connectivity index (χ2n) is 9.58. The van der Waals surface area contributed by atoms with Crippen LogP contribution in [0.1, 0.15) is 36.5 Å². The summed E-state index contributed by atoms with van der Waals surface area (Å²) in [5.41, 5.74) is 4.71. The summed E-state index contributed by atoms with van der Waals surface area (Å²) in [6.45, 7) is 5.97. The fourth-order valence-electron chi connectivity index (χ4n) is 4.71. The third-order valence-corrected chi connectivity index (χ3v) is 6.75. The van der Waals surface area contributed by atoms with E-state index in [2.05, 4.69) is 51.5 Å². The molecular weight excluding hydrogens is 436 g/mol. The van der Waals surface area contributed by atoms with Crippen LogP contribution in [-0.2, 0) is 30.8 Å². The topological polar surface area (TPSA) is 57.6 Å². The Hall–Kier alpha value is -3.38. The van der Waals surface area contributed by atoms with Crippen molar-refractivity contribution in [3.8, 4) is 0 Å². The highest BCUT2D eigenvalue weighted by Gasteiger charge is 2.19. The minimum Gasteiger partial charge on any atom is -0.370 e. The molecule has 2 aromatic carbocycles. The predicted octanol–water partition coefficient (Wildman–Crippen LogP) is 3.83. The van der Waals surface area contributed by atoms with Crippen LogP contribution < -0.4 is 15.8 Å². The number of anilines is 1. The molecule has 0 saturated carbocycles. The summed E-state index contributed by atoms with van der Waals surface area (Å²) in [6.07, 6.45) is 4.74. The highest BCUT2D eigenvalue weighted by Crippen LogP contribution is 2.16. The van der Waals surface area contributed by atoms with Crippen molar-refractivity contribution < 1.29 is 4.79 Å². The molecule has 6 heteroatoms. The molecule has 1 amide bonds. The molecule has 6 nitrogen and oxygen atoms in total. The quantitative estimate of drug-likeness (QED) is 0.514. The number of pyridine rings is 1. The second-order valence-corrected chi connectivity index (χ2v) is 9.58. The predicted molar refractivity (Wildman–Crippen MR) is 142 cm³/mol. The highest BCUT2D eigenvalue weighted by molar-refractivity contribution is 5.73. The van der Waals surface area contributed by atoms with E-state index in [1.165, 1.54) is 16.7 Å². The van der Waals surface area contributed by atoms with E-state index >= 15 is 0 Å². The lowest BCUT2D eigenvalue weighted by atomic mass is 10.0. The molecule has 0 spiro atoms. The van der Waals surface area contributed by atoms with Crippen LogP contribution in [0.5, 0.6) is 0 Å². The van der Waals surface area contributed by atoms with Crippen LogP contribution in [0.2, 0.25) is 0 Å². The molecule has 2 heterocycles. The lowest BCUT2D eigenvalue weighted by Gasteiger charge is -2.32. The van der Waals surface area contributed by atoms with Gasteiger partial charge in [0.15, 0.2) is 0 Å². The number of likely N-dealkylation sites (tertiary alicyclic amines) is 1. The molecule has 184 valence electrons. The van der Waals surface area contributed by atoms with Crippen molar-refractivity contribution in [3.63, 3.8) is 0 Å². The number of nitrogens with zero attached hydrogens (tertiary/aromatic N) is 3. The Morgan fingerprint density at radius 3 is 2.31 bits per heavy atom.